The minimum Gasteiger partial charge on any atom is -0.356 e. The number of likely N-dealkylation sites (tertiary alicyclic amines) is 1. The lowest BCUT2D eigenvalue weighted by molar-refractivity contribution is -0.127. The van der Waals surface area contributed by atoms with E-state index in [0.717, 1.165) is 37.9 Å². The first-order valence-electron chi connectivity index (χ1n) is 8.73. The number of piperidine rings is 1. The first-order chi connectivity index (χ1) is 11.5. The topological polar surface area (TPSA) is 47.9 Å². The lowest BCUT2D eigenvalue weighted by Crippen LogP contribution is -2.48. The lowest BCUT2D eigenvalue weighted by Gasteiger charge is -2.37. The molecule has 7 heteroatoms. The van der Waals surface area contributed by atoms with Gasteiger partial charge in [-0.3, -0.25) is 4.79 Å². The van der Waals surface area contributed by atoms with Crippen molar-refractivity contribution in [2.45, 2.75) is 26.7 Å². The minimum absolute atomic E-state index is 0. The van der Waals surface area contributed by atoms with Gasteiger partial charge in [0.1, 0.15) is 6.54 Å². The molecule has 2 heterocycles. The molecule has 1 aliphatic heterocycles. The zero-order valence-electron chi connectivity index (χ0n) is 15.7. The number of nitrogens with zero attached hydrogens (tertiary/aromatic N) is 3. The molecular formula is C18H31IN4OS. The standard InChI is InChI=1S/C18H30N4OS.HI/c1-14-8-10-22(13-15(14)2)18(20-12-17(23)21(3)4)19-9-7-16-6-5-11-24-16;/h5-6,11,14-15H,7-10,12-13H2,1-4H3,(H,19,20);1H. The van der Waals surface area contributed by atoms with E-state index in [1.807, 2.05) is 0 Å². The second-order valence-corrected chi connectivity index (χ2v) is 7.91. The molecule has 2 atom stereocenters. The van der Waals surface area contributed by atoms with Crippen molar-refractivity contribution in [1.82, 2.24) is 15.1 Å². The van der Waals surface area contributed by atoms with E-state index in [1.54, 1.807) is 30.3 Å². The normalized spacial score (nSPS) is 20.8. The van der Waals surface area contributed by atoms with Gasteiger partial charge in [-0.2, -0.15) is 0 Å². The molecular weight excluding hydrogens is 447 g/mol. The summed E-state index contributed by atoms with van der Waals surface area (Å²) < 4.78 is 0. The maximum atomic E-state index is 11.9. The molecule has 1 saturated heterocycles. The van der Waals surface area contributed by atoms with Gasteiger partial charge in [0.05, 0.1) is 0 Å². The van der Waals surface area contributed by atoms with E-state index in [9.17, 15) is 4.79 Å². The summed E-state index contributed by atoms with van der Waals surface area (Å²) in [7, 11) is 3.54. The highest BCUT2D eigenvalue weighted by molar-refractivity contribution is 14.0. The molecule has 0 spiro atoms. The van der Waals surface area contributed by atoms with Crippen LogP contribution >= 0.6 is 35.3 Å². The van der Waals surface area contributed by atoms with Gasteiger partial charge in [-0.15, -0.1) is 35.3 Å². The Morgan fingerprint density at radius 1 is 1.40 bits per heavy atom. The van der Waals surface area contributed by atoms with Gasteiger partial charge in [-0.1, -0.05) is 19.9 Å². The van der Waals surface area contributed by atoms with Crippen LogP contribution in [0, 0.1) is 11.8 Å². The molecule has 1 amide bonds. The number of halogens is 1. The summed E-state index contributed by atoms with van der Waals surface area (Å²) in [6, 6.07) is 4.24. The van der Waals surface area contributed by atoms with E-state index in [4.69, 9.17) is 0 Å². The van der Waals surface area contributed by atoms with Crippen molar-refractivity contribution < 1.29 is 4.79 Å². The van der Waals surface area contributed by atoms with E-state index in [2.05, 4.69) is 46.6 Å². The summed E-state index contributed by atoms with van der Waals surface area (Å²) in [5.74, 6) is 2.30. The number of guanidine groups is 1. The highest BCUT2D eigenvalue weighted by Crippen LogP contribution is 2.22. The largest absolute Gasteiger partial charge is 0.356 e. The fraction of sp³-hybridized carbons (Fsp3) is 0.667. The van der Waals surface area contributed by atoms with Gasteiger partial charge < -0.3 is 15.1 Å². The maximum absolute atomic E-state index is 11.9. The number of nitrogens with one attached hydrogen (secondary N) is 1. The smallest absolute Gasteiger partial charge is 0.243 e. The van der Waals surface area contributed by atoms with Crippen molar-refractivity contribution in [2.24, 2.45) is 16.8 Å². The summed E-state index contributed by atoms with van der Waals surface area (Å²) in [5.41, 5.74) is 0. The predicted molar refractivity (Wildman–Crippen MR) is 117 cm³/mol. The second kappa shape index (κ2) is 11.0. The van der Waals surface area contributed by atoms with E-state index in [0.29, 0.717) is 5.92 Å². The molecule has 0 saturated carbocycles. The van der Waals surface area contributed by atoms with Gasteiger partial charge in [0.2, 0.25) is 5.91 Å². The Bertz CT molecular complexity index is 547. The van der Waals surface area contributed by atoms with Crippen LogP contribution in [0.3, 0.4) is 0 Å². The van der Waals surface area contributed by atoms with Crippen molar-refractivity contribution in [2.75, 3.05) is 40.3 Å². The van der Waals surface area contributed by atoms with Gasteiger partial charge in [-0.05, 0) is 36.1 Å². The molecule has 25 heavy (non-hydrogen) atoms. The first-order valence-corrected chi connectivity index (χ1v) is 9.61. The molecule has 0 bridgehead atoms. The molecule has 1 aromatic rings. The number of hydrogen-bond acceptors (Lipinski definition) is 3. The minimum atomic E-state index is 0. The Kier molecular flexibility index (Phi) is 9.78. The van der Waals surface area contributed by atoms with Gasteiger partial charge >= 0.3 is 0 Å². The Balaban J connectivity index is 0.00000312. The maximum Gasteiger partial charge on any atom is 0.243 e. The van der Waals surface area contributed by atoms with Crippen LogP contribution in [0.25, 0.3) is 0 Å². The average Bonchev–Trinajstić information content (AvgIpc) is 3.06. The molecule has 0 aromatic carbocycles. The third kappa shape index (κ3) is 7.13. The van der Waals surface area contributed by atoms with Crippen LogP contribution in [-0.2, 0) is 11.2 Å². The summed E-state index contributed by atoms with van der Waals surface area (Å²) in [4.78, 5) is 21.7. The van der Waals surface area contributed by atoms with Crippen LogP contribution in [0.4, 0.5) is 0 Å². The molecule has 5 nitrogen and oxygen atoms in total. The molecule has 2 rings (SSSR count). The van der Waals surface area contributed by atoms with Crippen molar-refractivity contribution in [3.05, 3.63) is 22.4 Å². The zero-order valence-corrected chi connectivity index (χ0v) is 18.8. The Morgan fingerprint density at radius 3 is 2.76 bits per heavy atom. The van der Waals surface area contributed by atoms with Crippen LogP contribution in [0.15, 0.2) is 22.5 Å². The first kappa shape index (κ1) is 22.2. The quantitative estimate of drug-likeness (QED) is 0.402. The second-order valence-electron chi connectivity index (χ2n) is 6.87. The number of carbonyl (C=O) groups is 1. The van der Waals surface area contributed by atoms with Gasteiger partial charge in [0.15, 0.2) is 5.96 Å². The van der Waals surface area contributed by atoms with Crippen LogP contribution in [-0.4, -0.2) is 61.9 Å². The molecule has 1 N–H and O–H groups in total. The number of hydrogen-bond donors (Lipinski definition) is 1. The van der Waals surface area contributed by atoms with Gasteiger partial charge in [0.25, 0.3) is 0 Å². The summed E-state index contributed by atoms with van der Waals surface area (Å²) in [6.07, 6.45) is 2.16. The van der Waals surface area contributed by atoms with Crippen molar-refractivity contribution in [3.63, 3.8) is 0 Å². The SMILES string of the molecule is CC1CCN(C(=NCC(=O)N(C)C)NCCc2cccs2)CC1C.I. The van der Waals surface area contributed by atoms with Crippen LogP contribution < -0.4 is 5.32 Å². The molecule has 0 aliphatic carbocycles. The fourth-order valence-electron chi connectivity index (χ4n) is 2.76. The fourth-order valence-corrected chi connectivity index (χ4v) is 3.47. The zero-order chi connectivity index (χ0) is 17.5. The Labute approximate surface area is 172 Å². The molecule has 142 valence electrons. The highest BCUT2D eigenvalue weighted by atomic mass is 127. The Hall–Kier alpha value is -0.830. The monoisotopic (exact) mass is 478 g/mol. The molecule has 0 radical (unpaired) electrons. The highest BCUT2D eigenvalue weighted by Gasteiger charge is 2.24. The van der Waals surface area contributed by atoms with E-state index < -0.39 is 0 Å². The number of likely N-dealkylation sites (N-methyl/N-ethyl adjacent to an activating group) is 1. The number of aliphatic imine (C=N–C) groups is 1. The summed E-state index contributed by atoms with van der Waals surface area (Å²) >= 11 is 1.78. The number of thiophene rings is 1. The van der Waals surface area contributed by atoms with Gasteiger partial charge in [0, 0.05) is 38.6 Å². The van der Waals surface area contributed by atoms with Crippen molar-refractivity contribution in [3.8, 4) is 0 Å². The van der Waals surface area contributed by atoms with Gasteiger partial charge in [-0.25, -0.2) is 4.99 Å². The predicted octanol–water partition coefficient (Wildman–Crippen LogP) is 2.92. The third-order valence-corrected chi connectivity index (χ3v) is 5.67. The molecule has 2 unspecified atom stereocenters. The van der Waals surface area contributed by atoms with Crippen molar-refractivity contribution >= 4 is 47.2 Å². The summed E-state index contributed by atoms with van der Waals surface area (Å²) in [5, 5.41) is 5.57. The van der Waals surface area contributed by atoms with Crippen LogP contribution in [0.1, 0.15) is 25.1 Å². The van der Waals surface area contributed by atoms with Crippen LogP contribution in [0.2, 0.25) is 0 Å². The third-order valence-electron chi connectivity index (χ3n) is 4.73. The van der Waals surface area contributed by atoms with Crippen molar-refractivity contribution in [1.29, 1.82) is 0 Å². The number of amides is 1. The van der Waals surface area contributed by atoms with Crippen LogP contribution in [0.5, 0.6) is 0 Å². The van der Waals surface area contributed by atoms with E-state index in [-0.39, 0.29) is 36.4 Å². The molecule has 1 aliphatic rings. The lowest BCUT2D eigenvalue weighted by atomic mass is 9.89. The average molecular weight is 478 g/mol. The Morgan fingerprint density at radius 2 is 2.16 bits per heavy atom. The van der Waals surface area contributed by atoms with E-state index >= 15 is 0 Å². The molecule has 1 fully saturated rings. The summed E-state index contributed by atoms with van der Waals surface area (Å²) in [6.45, 7) is 7.67. The number of carbonyl (C=O) groups excluding carboxylic acids is 1. The number of rotatable bonds is 5. The molecule has 1 aromatic heterocycles. The van der Waals surface area contributed by atoms with E-state index in [1.165, 1.54) is 11.3 Å².